The average molecular weight is 369 g/mol. The molecule has 0 bridgehead atoms. The Morgan fingerprint density at radius 1 is 1.08 bits per heavy atom. The third kappa shape index (κ3) is 3.86. The fourth-order valence-corrected chi connectivity index (χ4v) is 2.76. The molecule has 0 fully saturated rings. The number of carbonyl (C=O) groups is 1. The van der Waals surface area contributed by atoms with Gasteiger partial charge in [0.15, 0.2) is 5.69 Å². The number of thiazole rings is 1. The van der Waals surface area contributed by atoms with E-state index < -0.39 is 34.5 Å². The lowest BCUT2D eigenvalue weighted by molar-refractivity contribution is -0.141. The summed E-state index contributed by atoms with van der Waals surface area (Å²) >= 11 is 0.414. The van der Waals surface area contributed by atoms with Crippen LogP contribution in [0.5, 0.6) is 0 Å². The molecular formula is C14H9F6NO2S. The molecule has 24 heavy (non-hydrogen) atoms. The van der Waals surface area contributed by atoms with Crippen molar-refractivity contribution in [3.63, 3.8) is 0 Å². The number of aromatic nitrogens is 1. The predicted octanol–water partition coefficient (Wildman–Crippen LogP) is 5.02. The van der Waals surface area contributed by atoms with E-state index >= 15 is 0 Å². The minimum atomic E-state index is -4.89. The summed E-state index contributed by atoms with van der Waals surface area (Å²) in [6, 6.07) is 3.45. The molecule has 0 saturated heterocycles. The molecule has 0 atom stereocenters. The number of hydrogen-bond donors (Lipinski definition) is 0. The van der Waals surface area contributed by atoms with E-state index in [0.717, 1.165) is 24.3 Å². The number of benzene rings is 1. The summed E-state index contributed by atoms with van der Waals surface area (Å²) in [5, 5.41) is -0.223. The van der Waals surface area contributed by atoms with Crippen LogP contribution in [0.25, 0.3) is 10.6 Å². The van der Waals surface area contributed by atoms with E-state index in [2.05, 4.69) is 9.72 Å². The molecule has 0 radical (unpaired) electrons. The van der Waals surface area contributed by atoms with E-state index in [9.17, 15) is 31.1 Å². The van der Waals surface area contributed by atoms with E-state index in [0.29, 0.717) is 11.3 Å². The van der Waals surface area contributed by atoms with Crippen LogP contribution < -0.4 is 0 Å². The van der Waals surface area contributed by atoms with Gasteiger partial charge in [-0.1, -0.05) is 12.1 Å². The highest BCUT2D eigenvalue weighted by Gasteiger charge is 2.40. The molecular weight excluding hydrogens is 360 g/mol. The van der Waals surface area contributed by atoms with Gasteiger partial charge in [-0.3, -0.25) is 0 Å². The predicted molar refractivity (Wildman–Crippen MR) is 73.5 cm³/mol. The number of alkyl halides is 6. The number of hydrogen-bond acceptors (Lipinski definition) is 4. The highest BCUT2D eigenvalue weighted by molar-refractivity contribution is 7.17. The molecule has 0 aliphatic heterocycles. The van der Waals surface area contributed by atoms with E-state index in [1.165, 1.54) is 6.92 Å². The maximum Gasteiger partial charge on any atom is 0.435 e. The molecule has 0 unspecified atom stereocenters. The van der Waals surface area contributed by atoms with Crippen LogP contribution in [0.15, 0.2) is 24.3 Å². The molecule has 10 heteroatoms. The number of ether oxygens (including phenoxy) is 1. The van der Waals surface area contributed by atoms with Crippen LogP contribution in [0.3, 0.4) is 0 Å². The number of nitrogens with zero attached hydrogens (tertiary/aromatic N) is 1. The van der Waals surface area contributed by atoms with Gasteiger partial charge in [-0.15, -0.1) is 11.3 Å². The minimum Gasteiger partial charge on any atom is -0.462 e. The molecule has 0 N–H and O–H groups in total. The molecule has 0 amide bonds. The first-order valence-corrected chi connectivity index (χ1v) is 7.28. The van der Waals surface area contributed by atoms with Crippen LogP contribution in [0, 0.1) is 0 Å². The molecule has 1 heterocycles. The van der Waals surface area contributed by atoms with Crippen molar-refractivity contribution in [2.24, 2.45) is 0 Å². The Labute approximate surface area is 135 Å². The van der Waals surface area contributed by atoms with Crippen LogP contribution >= 0.6 is 11.3 Å². The normalized spacial score (nSPS) is 12.3. The van der Waals surface area contributed by atoms with Gasteiger partial charge < -0.3 is 4.74 Å². The van der Waals surface area contributed by atoms with Gasteiger partial charge in [-0.25, -0.2) is 9.78 Å². The summed E-state index contributed by atoms with van der Waals surface area (Å²) in [6.45, 7) is 1.31. The van der Waals surface area contributed by atoms with E-state index in [1.807, 2.05) is 0 Å². The van der Waals surface area contributed by atoms with E-state index in [4.69, 9.17) is 0 Å². The molecule has 3 nitrogen and oxygen atoms in total. The Bertz CT molecular complexity index is 733. The van der Waals surface area contributed by atoms with E-state index in [-0.39, 0.29) is 17.2 Å². The van der Waals surface area contributed by atoms with Crippen molar-refractivity contribution in [3.05, 3.63) is 40.4 Å². The number of halogens is 6. The first kappa shape index (κ1) is 18.2. The molecule has 2 aromatic rings. The quantitative estimate of drug-likeness (QED) is 0.563. The maximum atomic E-state index is 13.0. The second kappa shape index (κ2) is 6.42. The summed E-state index contributed by atoms with van der Waals surface area (Å²) in [5.41, 5.74) is -2.32. The van der Waals surface area contributed by atoms with Crippen molar-refractivity contribution >= 4 is 17.3 Å². The van der Waals surface area contributed by atoms with Crippen LogP contribution in [0.2, 0.25) is 0 Å². The van der Waals surface area contributed by atoms with Gasteiger partial charge >= 0.3 is 18.3 Å². The summed E-state index contributed by atoms with van der Waals surface area (Å²) in [5.74, 6) is -1.18. The fourth-order valence-electron chi connectivity index (χ4n) is 1.77. The average Bonchev–Trinajstić information content (AvgIpc) is 2.92. The third-order valence-corrected chi connectivity index (χ3v) is 3.90. The zero-order chi connectivity index (χ0) is 18.1. The number of rotatable bonds is 3. The lowest BCUT2D eigenvalue weighted by Gasteiger charge is -2.06. The molecule has 0 aliphatic rings. The smallest absolute Gasteiger partial charge is 0.435 e. The summed E-state index contributed by atoms with van der Waals surface area (Å²) in [7, 11) is 0. The van der Waals surface area contributed by atoms with Crippen LogP contribution in [0.1, 0.15) is 27.9 Å². The fraction of sp³-hybridized carbons (Fsp3) is 0.286. The maximum absolute atomic E-state index is 13.0. The van der Waals surface area contributed by atoms with Gasteiger partial charge in [0.1, 0.15) is 9.88 Å². The minimum absolute atomic E-state index is 0.0362. The Kier molecular flexibility index (Phi) is 4.88. The molecule has 1 aromatic carbocycles. The molecule has 0 saturated carbocycles. The first-order valence-electron chi connectivity index (χ1n) is 6.46. The molecule has 1 aromatic heterocycles. The van der Waals surface area contributed by atoms with Crippen LogP contribution in [-0.4, -0.2) is 17.6 Å². The highest BCUT2D eigenvalue weighted by Crippen LogP contribution is 2.38. The lowest BCUT2D eigenvalue weighted by atomic mass is 10.1. The van der Waals surface area contributed by atoms with Crippen molar-refractivity contribution < 1.29 is 35.9 Å². The van der Waals surface area contributed by atoms with Crippen molar-refractivity contribution in [2.45, 2.75) is 19.3 Å². The van der Waals surface area contributed by atoms with Crippen molar-refractivity contribution in [3.8, 4) is 10.6 Å². The van der Waals surface area contributed by atoms with Gasteiger partial charge in [0.2, 0.25) is 0 Å². The Balaban J connectivity index is 2.46. The van der Waals surface area contributed by atoms with Gasteiger partial charge in [0.25, 0.3) is 0 Å². The largest absolute Gasteiger partial charge is 0.462 e. The Hall–Kier alpha value is -2.10. The van der Waals surface area contributed by atoms with Gasteiger partial charge in [0.05, 0.1) is 12.2 Å². The van der Waals surface area contributed by atoms with Gasteiger partial charge in [0, 0.05) is 5.56 Å². The van der Waals surface area contributed by atoms with Gasteiger partial charge in [-0.2, -0.15) is 26.3 Å². The van der Waals surface area contributed by atoms with Crippen molar-refractivity contribution in [1.29, 1.82) is 0 Å². The van der Waals surface area contributed by atoms with E-state index in [1.54, 1.807) is 0 Å². The van der Waals surface area contributed by atoms with Crippen LogP contribution in [0.4, 0.5) is 26.3 Å². The summed E-state index contributed by atoms with van der Waals surface area (Å²) in [4.78, 5) is 14.3. The lowest BCUT2D eigenvalue weighted by Crippen LogP contribution is -2.13. The summed E-state index contributed by atoms with van der Waals surface area (Å²) < 4.78 is 81.1. The zero-order valence-corrected chi connectivity index (χ0v) is 12.8. The standard InChI is InChI=1S/C14H9F6NO2S/c1-2-23-12(22)9-10(14(18,19)20)21-11(24-9)7-3-5-8(6-4-7)13(15,16)17/h3-6H,2H2,1H3. The Morgan fingerprint density at radius 2 is 1.67 bits per heavy atom. The third-order valence-electron chi connectivity index (χ3n) is 2.82. The number of carbonyl (C=O) groups excluding carboxylic acids is 1. The SMILES string of the molecule is CCOC(=O)c1sc(-c2ccc(C(F)(F)F)cc2)nc1C(F)(F)F. The second-order valence-electron chi connectivity index (χ2n) is 4.49. The Morgan fingerprint density at radius 3 is 2.12 bits per heavy atom. The highest BCUT2D eigenvalue weighted by atomic mass is 32.1. The summed E-state index contributed by atoms with van der Waals surface area (Å²) in [6.07, 6.45) is -9.45. The van der Waals surface area contributed by atoms with Gasteiger partial charge in [-0.05, 0) is 19.1 Å². The van der Waals surface area contributed by atoms with Crippen molar-refractivity contribution in [2.75, 3.05) is 6.61 Å². The van der Waals surface area contributed by atoms with Crippen molar-refractivity contribution in [1.82, 2.24) is 4.98 Å². The van der Waals surface area contributed by atoms with Crippen LogP contribution in [-0.2, 0) is 17.1 Å². The molecule has 2 rings (SSSR count). The molecule has 0 spiro atoms. The zero-order valence-electron chi connectivity index (χ0n) is 12.0. The topological polar surface area (TPSA) is 39.2 Å². The molecule has 130 valence electrons. The monoisotopic (exact) mass is 369 g/mol. The second-order valence-corrected chi connectivity index (χ2v) is 5.49. The molecule has 0 aliphatic carbocycles. The first-order chi connectivity index (χ1) is 11.0. The number of esters is 1.